The molecule has 0 unspecified atom stereocenters. The first-order valence-corrected chi connectivity index (χ1v) is 4.99. The number of nitrogens with zero attached hydrogens (tertiary/aromatic N) is 1. The number of hydrogen-bond donors (Lipinski definition) is 2. The van der Waals surface area contributed by atoms with E-state index < -0.39 is 0 Å². The largest absolute Gasteiger partial charge is 0.315 e. The number of hydrogen-bond acceptors (Lipinski definition) is 3. The van der Waals surface area contributed by atoms with E-state index in [2.05, 4.69) is 5.43 Å². The van der Waals surface area contributed by atoms with Crippen LogP contribution in [-0.2, 0) is 22.4 Å². The molecule has 5 heteroatoms. The zero-order chi connectivity index (χ0) is 11.7. The molecule has 3 N–H and O–H groups in total. The first-order valence-electron chi connectivity index (χ1n) is 4.99. The summed E-state index contributed by atoms with van der Waals surface area (Å²) in [7, 11) is 1.75. The molecule has 0 spiro atoms. The summed E-state index contributed by atoms with van der Waals surface area (Å²) in [5, 5.41) is 0. The lowest BCUT2D eigenvalue weighted by Gasteiger charge is -2.10. The average Bonchev–Trinajstić information content (AvgIpc) is 2.54. The van der Waals surface area contributed by atoms with Gasteiger partial charge in [-0.25, -0.2) is 5.84 Å². The van der Waals surface area contributed by atoms with Crippen LogP contribution in [0.1, 0.15) is 11.1 Å². The summed E-state index contributed by atoms with van der Waals surface area (Å²) >= 11 is 0. The average molecular weight is 219 g/mol. The number of benzene rings is 1. The fourth-order valence-electron chi connectivity index (χ4n) is 1.87. The van der Waals surface area contributed by atoms with Gasteiger partial charge in [-0.2, -0.15) is 0 Å². The maximum absolute atomic E-state index is 11.4. The number of rotatable bonds is 2. The van der Waals surface area contributed by atoms with E-state index in [-0.39, 0.29) is 18.2 Å². The summed E-state index contributed by atoms with van der Waals surface area (Å²) < 4.78 is 0. The quantitative estimate of drug-likeness (QED) is 0.409. The Balaban J connectivity index is 2.25. The minimum atomic E-state index is -0.238. The van der Waals surface area contributed by atoms with E-state index in [9.17, 15) is 9.59 Å². The van der Waals surface area contributed by atoms with Crippen molar-refractivity contribution in [3.05, 3.63) is 29.3 Å². The summed E-state index contributed by atoms with van der Waals surface area (Å²) in [6, 6.07) is 5.58. The van der Waals surface area contributed by atoms with Crippen molar-refractivity contribution in [1.29, 1.82) is 0 Å². The van der Waals surface area contributed by atoms with E-state index in [1.807, 2.05) is 18.2 Å². The third-order valence-corrected chi connectivity index (χ3v) is 2.75. The molecule has 0 aliphatic carbocycles. The van der Waals surface area contributed by atoms with Gasteiger partial charge in [0.25, 0.3) is 0 Å². The van der Waals surface area contributed by atoms with Crippen LogP contribution in [0.25, 0.3) is 0 Å². The van der Waals surface area contributed by atoms with Gasteiger partial charge < -0.3 is 4.90 Å². The summed E-state index contributed by atoms with van der Waals surface area (Å²) in [5.41, 5.74) is 4.83. The molecule has 0 saturated heterocycles. The van der Waals surface area contributed by atoms with Crippen molar-refractivity contribution in [1.82, 2.24) is 5.43 Å². The van der Waals surface area contributed by atoms with Crippen LogP contribution in [0.4, 0.5) is 5.69 Å². The fourth-order valence-corrected chi connectivity index (χ4v) is 1.87. The van der Waals surface area contributed by atoms with Gasteiger partial charge in [-0.1, -0.05) is 12.1 Å². The number of amides is 2. The smallest absolute Gasteiger partial charge is 0.238 e. The number of nitrogens with one attached hydrogen (secondary N) is 1. The molecule has 1 heterocycles. The van der Waals surface area contributed by atoms with Crippen LogP contribution >= 0.6 is 0 Å². The third kappa shape index (κ3) is 1.77. The molecule has 1 aliphatic rings. The van der Waals surface area contributed by atoms with Gasteiger partial charge in [-0.3, -0.25) is 15.0 Å². The van der Waals surface area contributed by atoms with Crippen molar-refractivity contribution in [2.45, 2.75) is 12.8 Å². The Hall–Kier alpha value is -1.88. The number of anilines is 1. The molecule has 0 radical (unpaired) electrons. The van der Waals surface area contributed by atoms with E-state index in [1.54, 1.807) is 11.9 Å². The first-order chi connectivity index (χ1) is 7.61. The van der Waals surface area contributed by atoms with E-state index >= 15 is 0 Å². The Kier molecular flexibility index (Phi) is 2.62. The number of hydrazine groups is 1. The van der Waals surface area contributed by atoms with Gasteiger partial charge in [0.15, 0.2) is 0 Å². The molecule has 5 nitrogen and oxygen atoms in total. The van der Waals surface area contributed by atoms with Crippen LogP contribution in [0.2, 0.25) is 0 Å². The molecular weight excluding hydrogens is 206 g/mol. The molecule has 0 fully saturated rings. The molecule has 0 atom stereocenters. The molecule has 0 bridgehead atoms. The van der Waals surface area contributed by atoms with Gasteiger partial charge in [0.05, 0.1) is 12.8 Å². The molecule has 0 saturated carbocycles. The van der Waals surface area contributed by atoms with Crippen molar-refractivity contribution in [2.75, 3.05) is 11.9 Å². The number of fused-ring (bicyclic) bond motifs is 1. The molecule has 2 amide bonds. The van der Waals surface area contributed by atoms with Gasteiger partial charge in [0.2, 0.25) is 11.8 Å². The Morgan fingerprint density at radius 3 is 3.00 bits per heavy atom. The van der Waals surface area contributed by atoms with E-state index in [4.69, 9.17) is 5.84 Å². The standard InChI is InChI=1S/C11H13N3O2/c1-14-9-3-2-7(5-10(15)13-12)4-8(9)6-11(14)16/h2-4H,5-6,12H2,1H3,(H,13,15). The van der Waals surface area contributed by atoms with Crippen molar-refractivity contribution in [2.24, 2.45) is 5.84 Å². The van der Waals surface area contributed by atoms with Crippen LogP contribution in [0, 0.1) is 0 Å². The molecule has 16 heavy (non-hydrogen) atoms. The Morgan fingerprint density at radius 1 is 1.56 bits per heavy atom. The zero-order valence-corrected chi connectivity index (χ0v) is 8.99. The lowest BCUT2D eigenvalue weighted by atomic mass is 10.1. The van der Waals surface area contributed by atoms with E-state index in [0.29, 0.717) is 6.42 Å². The van der Waals surface area contributed by atoms with Crippen LogP contribution in [0.5, 0.6) is 0 Å². The van der Waals surface area contributed by atoms with Gasteiger partial charge in [-0.05, 0) is 17.2 Å². The predicted octanol–water partition coefficient (Wildman–Crippen LogP) is -0.262. The zero-order valence-electron chi connectivity index (χ0n) is 8.99. The van der Waals surface area contributed by atoms with Crippen LogP contribution < -0.4 is 16.2 Å². The van der Waals surface area contributed by atoms with Gasteiger partial charge >= 0.3 is 0 Å². The number of likely N-dealkylation sites (N-methyl/N-ethyl adjacent to an activating group) is 1. The van der Waals surface area contributed by atoms with Crippen LogP contribution in [-0.4, -0.2) is 18.9 Å². The number of carbonyl (C=O) groups excluding carboxylic acids is 2. The van der Waals surface area contributed by atoms with Crippen LogP contribution in [0.15, 0.2) is 18.2 Å². The second kappa shape index (κ2) is 3.94. The summed E-state index contributed by atoms with van der Waals surface area (Å²) in [4.78, 5) is 24.2. The number of carbonyl (C=O) groups is 2. The van der Waals surface area contributed by atoms with Crippen molar-refractivity contribution in [3.8, 4) is 0 Å². The Bertz CT molecular complexity index is 457. The van der Waals surface area contributed by atoms with Gasteiger partial charge in [0.1, 0.15) is 0 Å². The highest BCUT2D eigenvalue weighted by Crippen LogP contribution is 2.28. The van der Waals surface area contributed by atoms with E-state index in [1.165, 1.54) is 0 Å². The minimum Gasteiger partial charge on any atom is -0.315 e. The fraction of sp³-hybridized carbons (Fsp3) is 0.273. The van der Waals surface area contributed by atoms with Crippen molar-refractivity contribution >= 4 is 17.5 Å². The minimum absolute atomic E-state index is 0.0791. The van der Waals surface area contributed by atoms with E-state index in [0.717, 1.165) is 16.8 Å². The molecule has 0 aromatic heterocycles. The molecular formula is C11H13N3O2. The maximum Gasteiger partial charge on any atom is 0.238 e. The lowest BCUT2D eigenvalue weighted by molar-refractivity contribution is -0.120. The molecule has 84 valence electrons. The summed E-state index contributed by atoms with van der Waals surface area (Å²) in [6.45, 7) is 0. The maximum atomic E-state index is 11.4. The van der Waals surface area contributed by atoms with Crippen molar-refractivity contribution in [3.63, 3.8) is 0 Å². The number of nitrogens with two attached hydrogens (primary N) is 1. The van der Waals surface area contributed by atoms with Gasteiger partial charge in [0, 0.05) is 12.7 Å². The molecule has 2 rings (SSSR count). The second-order valence-electron chi connectivity index (χ2n) is 3.84. The highest BCUT2D eigenvalue weighted by atomic mass is 16.2. The molecule has 1 aliphatic heterocycles. The topological polar surface area (TPSA) is 75.4 Å². The predicted molar refractivity (Wildman–Crippen MR) is 59.6 cm³/mol. The monoisotopic (exact) mass is 219 g/mol. The highest BCUT2D eigenvalue weighted by molar-refractivity contribution is 6.01. The lowest BCUT2D eigenvalue weighted by Crippen LogP contribution is -2.31. The Labute approximate surface area is 93.2 Å². The summed E-state index contributed by atoms with van der Waals surface area (Å²) in [5.74, 6) is 4.86. The second-order valence-corrected chi connectivity index (χ2v) is 3.84. The highest BCUT2D eigenvalue weighted by Gasteiger charge is 2.23. The van der Waals surface area contributed by atoms with Gasteiger partial charge in [-0.15, -0.1) is 0 Å². The first kappa shape index (κ1) is 10.6. The molecule has 1 aromatic carbocycles. The van der Waals surface area contributed by atoms with Crippen molar-refractivity contribution < 1.29 is 9.59 Å². The van der Waals surface area contributed by atoms with Crippen LogP contribution in [0.3, 0.4) is 0 Å². The SMILES string of the molecule is CN1C(=O)Cc2cc(CC(=O)NN)ccc21. The normalized spacial score (nSPS) is 13.9. The third-order valence-electron chi connectivity index (χ3n) is 2.75. The Morgan fingerprint density at radius 2 is 2.31 bits per heavy atom. The molecule has 1 aromatic rings. The summed E-state index contributed by atoms with van der Waals surface area (Å²) in [6.07, 6.45) is 0.644.